The van der Waals surface area contributed by atoms with Gasteiger partial charge in [0.25, 0.3) is 0 Å². The number of pyridine rings is 1. The van der Waals surface area contributed by atoms with Gasteiger partial charge in [-0.25, -0.2) is 0 Å². The molecule has 0 fully saturated rings. The van der Waals surface area contributed by atoms with E-state index in [-0.39, 0.29) is 0 Å². The van der Waals surface area contributed by atoms with Crippen LogP contribution in [0.3, 0.4) is 0 Å². The van der Waals surface area contributed by atoms with Crippen molar-refractivity contribution in [2.75, 3.05) is 0 Å². The summed E-state index contributed by atoms with van der Waals surface area (Å²) in [6.45, 7) is 0. The van der Waals surface area contributed by atoms with E-state index in [1.807, 2.05) is 18.2 Å². The average Bonchev–Trinajstić information content (AvgIpc) is 3.22. The SMILES string of the molecule is c1ccc2c(-c3nn4c(-c5ccncc5)nnc4s3)cccc2c1. The van der Waals surface area contributed by atoms with Crippen molar-refractivity contribution in [2.24, 2.45) is 0 Å². The molecular weight excluding hydrogens is 318 g/mol. The summed E-state index contributed by atoms with van der Waals surface area (Å²) in [6, 6.07) is 18.4. The Balaban J connectivity index is 1.73. The van der Waals surface area contributed by atoms with Crippen LogP contribution in [-0.2, 0) is 0 Å². The molecule has 0 atom stereocenters. The first-order chi connectivity index (χ1) is 11.9. The van der Waals surface area contributed by atoms with E-state index in [1.165, 1.54) is 10.8 Å². The molecule has 0 unspecified atom stereocenters. The van der Waals surface area contributed by atoms with Crippen molar-refractivity contribution in [2.45, 2.75) is 0 Å². The first-order valence-corrected chi connectivity index (χ1v) is 8.32. The summed E-state index contributed by atoms with van der Waals surface area (Å²) in [5.41, 5.74) is 2.07. The molecule has 5 aromatic rings. The third kappa shape index (κ3) is 2.00. The second kappa shape index (κ2) is 5.21. The van der Waals surface area contributed by atoms with Crippen LogP contribution in [0.2, 0.25) is 0 Å². The summed E-state index contributed by atoms with van der Waals surface area (Å²) < 4.78 is 1.80. The monoisotopic (exact) mass is 329 g/mol. The highest BCUT2D eigenvalue weighted by atomic mass is 32.1. The predicted molar refractivity (Wildman–Crippen MR) is 94.8 cm³/mol. The fourth-order valence-corrected chi connectivity index (χ4v) is 3.70. The molecule has 6 heteroatoms. The predicted octanol–water partition coefficient (Wildman–Crippen LogP) is 4.07. The van der Waals surface area contributed by atoms with E-state index in [4.69, 9.17) is 5.10 Å². The highest BCUT2D eigenvalue weighted by molar-refractivity contribution is 7.19. The molecule has 0 amide bonds. The standard InChI is InChI=1S/C18H11N5S/c1-2-6-14-12(4-1)5-3-7-15(14)17-22-23-16(20-21-18(23)24-17)13-8-10-19-11-9-13/h1-11H. The molecule has 0 aliphatic carbocycles. The quantitative estimate of drug-likeness (QED) is 0.490. The molecule has 0 saturated carbocycles. The van der Waals surface area contributed by atoms with Gasteiger partial charge in [0.2, 0.25) is 4.96 Å². The zero-order valence-electron chi connectivity index (χ0n) is 12.5. The highest BCUT2D eigenvalue weighted by Crippen LogP contribution is 2.32. The summed E-state index contributed by atoms with van der Waals surface area (Å²) in [6.07, 6.45) is 3.49. The minimum atomic E-state index is 0.732. The van der Waals surface area contributed by atoms with Gasteiger partial charge in [-0.2, -0.15) is 9.61 Å². The van der Waals surface area contributed by atoms with E-state index in [0.717, 1.165) is 26.9 Å². The maximum atomic E-state index is 4.76. The first-order valence-electron chi connectivity index (χ1n) is 7.51. The normalized spacial score (nSPS) is 11.3. The van der Waals surface area contributed by atoms with Crippen molar-refractivity contribution < 1.29 is 0 Å². The molecule has 5 nitrogen and oxygen atoms in total. The van der Waals surface area contributed by atoms with Crippen LogP contribution in [-0.4, -0.2) is 24.8 Å². The van der Waals surface area contributed by atoms with Gasteiger partial charge in [0, 0.05) is 23.5 Å². The lowest BCUT2D eigenvalue weighted by atomic mass is 10.1. The maximum Gasteiger partial charge on any atom is 0.235 e. The Hall–Kier alpha value is -3.12. The van der Waals surface area contributed by atoms with Crippen LogP contribution in [0.25, 0.3) is 37.7 Å². The Morgan fingerprint density at radius 1 is 0.833 bits per heavy atom. The Morgan fingerprint density at radius 3 is 2.58 bits per heavy atom. The molecule has 2 aromatic carbocycles. The smallest absolute Gasteiger partial charge is 0.235 e. The van der Waals surface area contributed by atoms with Crippen LogP contribution < -0.4 is 0 Å². The molecule has 0 spiro atoms. The van der Waals surface area contributed by atoms with E-state index in [9.17, 15) is 0 Å². The van der Waals surface area contributed by atoms with Crippen LogP contribution >= 0.6 is 11.3 Å². The summed E-state index contributed by atoms with van der Waals surface area (Å²) in [4.78, 5) is 4.83. The van der Waals surface area contributed by atoms with Crippen molar-refractivity contribution in [1.29, 1.82) is 0 Å². The fraction of sp³-hybridized carbons (Fsp3) is 0. The number of benzene rings is 2. The molecule has 0 N–H and O–H groups in total. The van der Waals surface area contributed by atoms with Crippen LogP contribution in [0.4, 0.5) is 0 Å². The van der Waals surface area contributed by atoms with Crippen molar-refractivity contribution in [3.8, 4) is 22.0 Å². The van der Waals surface area contributed by atoms with E-state index in [2.05, 4.69) is 51.6 Å². The van der Waals surface area contributed by atoms with Crippen molar-refractivity contribution in [3.63, 3.8) is 0 Å². The molecule has 5 rings (SSSR count). The van der Waals surface area contributed by atoms with Gasteiger partial charge in [0.1, 0.15) is 5.01 Å². The van der Waals surface area contributed by atoms with E-state index in [0.29, 0.717) is 0 Å². The lowest BCUT2D eigenvalue weighted by Crippen LogP contribution is -1.91. The van der Waals surface area contributed by atoms with Gasteiger partial charge in [0.15, 0.2) is 5.82 Å². The minimum absolute atomic E-state index is 0.732. The third-order valence-corrected chi connectivity index (χ3v) is 4.88. The molecule has 3 aromatic heterocycles. The van der Waals surface area contributed by atoms with Crippen molar-refractivity contribution in [1.82, 2.24) is 24.8 Å². The van der Waals surface area contributed by atoms with E-state index >= 15 is 0 Å². The first kappa shape index (κ1) is 13.3. The Labute approximate surface area is 141 Å². The Morgan fingerprint density at radius 2 is 1.67 bits per heavy atom. The Bertz CT molecular complexity index is 1150. The zero-order chi connectivity index (χ0) is 15.9. The largest absolute Gasteiger partial charge is 0.265 e. The lowest BCUT2D eigenvalue weighted by molar-refractivity contribution is 0.970. The average molecular weight is 329 g/mol. The van der Waals surface area contributed by atoms with Crippen LogP contribution in [0.15, 0.2) is 67.0 Å². The number of nitrogens with zero attached hydrogens (tertiary/aromatic N) is 5. The van der Waals surface area contributed by atoms with Gasteiger partial charge in [-0.05, 0) is 22.9 Å². The molecule has 0 radical (unpaired) electrons. The van der Waals surface area contributed by atoms with Gasteiger partial charge in [0.05, 0.1) is 0 Å². The minimum Gasteiger partial charge on any atom is -0.265 e. The van der Waals surface area contributed by atoms with Gasteiger partial charge >= 0.3 is 0 Å². The van der Waals surface area contributed by atoms with Crippen molar-refractivity contribution in [3.05, 3.63) is 67.0 Å². The lowest BCUT2D eigenvalue weighted by Gasteiger charge is -2.02. The number of aromatic nitrogens is 5. The molecular formula is C18H11N5S. The maximum absolute atomic E-state index is 4.76. The summed E-state index contributed by atoms with van der Waals surface area (Å²) >= 11 is 1.54. The molecule has 0 bridgehead atoms. The van der Waals surface area contributed by atoms with E-state index in [1.54, 1.807) is 28.2 Å². The van der Waals surface area contributed by atoms with Crippen molar-refractivity contribution >= 4 is 27.1 Å². The van der Waals surface area contributed by atoms with Gasteiger partial charge in [-0.15, -0.1) is 10.2 Å². The summed E-state index contributed by atoms with van der Waals surface area (Å²) in [5.74, 6) is 0.732. The Kier molecular flexibility index (Phi) is 2.89. The number of rotatable bonds is 2. The number of fused-ring (bicyclic) bond motifs is 2. The van der Waals surface area contributed by atoms with Crippen LogP contribution in [0.5, 0.6) is 0 Å². The second-order valence-electron chi connectivity index (χ2n) is 5.39. The molecule has 24 heavy (non-hydrogen) atoms. The topological polar surface area (TPSA) is 56.0 Å². The molecule has 0 aliphatic heterocycles. The van der Waals surface area contributed by atoms with Crippen LogP contribution in [0.1, 0.15) is 0 Å². The summed E-state index contributed by atoms with van der Waals surface area (Å²) in [7, 11) is 0. The second-order valence-corrected chi connectivity index (χ2v) is 6.34. The summed E-state index contributed by atoms with van der Waals surface area (Å²) in [5, 5.41) is 16.6. The molecule has 0 aliphatic rings. The molecule has 114 valence electrons. The third-order valence-electron chi connectivity index (χ3n) is 3.95. The van der Waals surface area contributed by atoms with Gasteiger partial charge in [-0.3, -0.25) is 4.98 Å². The van der Waals surface area contributed by atoms with Gasteiger partial charge in [-0.1, -0.05) is 53.8 Å². The number of hydrogen-bond acceptors (Lipinski definition) is 5. The van der Waals surface area contributed by atoms with Crippen LogP contribution in [0, 0.1) is 0 Å². The molecule has 3 heterocycles. The zero-order valence-corrected chi connectivity index (χ0v) is 13.3. The fourth-order valence-electron chi connectivity index (χ4n) is 2.82. The highest BCUT2D eigenvalue weighted by Gasteiger charge is 2.15. The molecule has 0 saturated heterocycles. The van der Waals surface area contributed by atoms with Gasteiger partial charge < -0.3 is 0 Å². The number of hydrogen-bond donors (Lipinski definition) is 0. The van der Waals surface area contributed by atoms with E-state index < -0.39 is 0 Å².